The number of aliphatic hydroxyl groups excluding tert-OH is 1. The number of amides is 2. The van der Waals surface area contributed by atoms with E-state index in [9.17, 15) is 24.8 Å². The Hall–Kier alpha value is -3.98. The zero-order chi connectivity index (χ0) is 21.9. The second-order valence-electron chi connectivity index (χ2n) is 7.68. The van der Waals surface area contributed by atoms with Gasteiger partial charge in [-0.05, 0) is 17.7 Å². The first kappa shape index (κ1) is 19.0. The number of carbonyl (C=O) groups is 2. The molecule has 9 nitrogen and oxygen atoms in total. The lowest BCUT2D eigenvalue weighted by atomic mass is 9.88. The summed E-state index contributed by atoms with van der Waals surface area (Å²) in [6.07, 6.45) is 1.67. The lowest BCUT2D eigenvalue weighted by Gasteiger charge is -2.14. The Labute approximate surface area is 176 Å². The predicted octanol–water partition coefficient (Wildman–Crippen LogP) is 2.14. The lowest BCUT2D eigenvalue weighted by Crippen LogP contribution is -2.25. The first-order valence-corrected chi connectivity index (χ1v) is 9.69. The molecule has 2 aliphatic heterocycles. The third-order valence-electron chi connectivity index (χ3n) is 5.99. The molecule has 1 aromatic heterocycles. The molecule has 156 valence electrons. The van der Waals surface area contributed by atoms with Crippen LogP contribution < -0.4 is 10.2 Å². The Morgan fingerprint density at radius 1 is 1.19 bits per heavy atom. The van der Waals surface area contributed by atoms with E-state index in [0.717, 1.165) is 16.5 Å². The van der Waals surface area contributed by atoms with Crippen LogP contribution in [0.4, 0.5) is 11.4 Å². The number of non-ortho nitro benzene ring substituents is 1. The molecule has 3 heterocycles. The van der Waals surface area contributed by atoms with Crippen LogP contribution in [0.25, 0.3) is 16.5 Å². The average molecular weight is 418 g/mol. The van der Waals surface area contributed by atoms with Crippen LogP contribution in [0, 0.1) is 10.1 Å². The van der Waals surface area contributed by atoms with Gasteiger partial charge in [-0.25, -0.2) is 0 Å². The number of nitro benzene ring substituents is 1. The highest BCUT2D eigenvalue weighted by Crippen LogP contribution is 2.45. The highest BCUT2D eigenvalue weighted by molar-refractivity contribution is 6.38. The number of aromatic nitrogens is 1. The van der Waals surface area contributed by atoms with Crippen LogP contribution in [0.1, 0.15) is 17.0 Å². The minimum atomic E-state index is -0.487. The van der Waals surface area contributed by atoms with E-state index in [-0.39, 0.29) is 18.0 Å². The van der Waals surface area contributed by atoms with Crippen LogP contribution in [0.2, 0.25) is 0 Å². The summed E-state index contributed by atoms with van der Waals surface area (Å²) >= 11 is 0. The molecule has 2 aliphatic rings. The molecule has 9 heteroatoms. The maximum atomic E-state index is 12.9. The van der Waals surface area contributed by atoms with Crippen LogP contribution in [0.15, 0.2) is 54.2 Å². The first-order chi connectivity index (χ1) is 14.9. The third-order valence-corrected chi connectivity index (χ3v) is 5.99. The van der Waals surface area contributed by atoms with E-state index < -0.39 is 22.7 Å². The zero-order valence-electron chi connectivity index (χ0n) is 16.5. The van der Waals surface area contributed by atoms with Crippen molar-refractivity contribution in [2.24, 2.45) is 0 Å². The molecule has 31 heavy (non-hydrogen) atoms. The molecule has 2 N–H and O–H groups in total. The van der Waals surface area contributed by atoms with E-state index in [1.807, 2.05) is 29.2 Å². The van der Waals surface area contributed by atoms with Crippen LogP contribution >= 0.6 is 0 Å². The van der Waals surface area contributed by atoms with Crippen molar-refractivity contribution in [3.63, 3.8) is 0 Å². The fraction of sp³-hybridized carbons (Fsp3) is 0.182. The molecule has 3 aromatic rings. The van der Waals surface area contributed by atoms with Crippen molar-refractivity contribution in [3.8, 4) is 0 Å². The molecule has 0 saturated carbocycles. The normalized spacial score (nSPS) is 18.1. The highest BCUT2D eigenvalue weighted by Gasteiger charge is 2.41. The number of nitrogens with one attached hydrogen (secondary N) is 1. The van der Waals surface area contributed by atoms with E-state index in [1.165, 1.54) is 12.1 Å². The minimum absolute atomic E-state index is 0.0292. The van der Waals surface area contributed by atoms with Gasteiger partial charge in [0.25, 0.3) is 17.5 Å². The summed E-state index contributed by atoms with van der Waals surface area (Å²) in [4.78, 5) is 38.3. The van der Waals surface area contributed by atoms with Crippen molar-refractivity contribution in [1.29, 1.82) is 0 Å². The molecule has 0 aliphatic carbocycles. The number of hydrogen-bond donors (Lipinski definition) is 2. The number of nitro groups is 1. The van der Waals surface area contributed by atoms with Gasteiger partial charge in [0.15, 0.2) is 0 Å². The Bertz CT molecular complexity index is 1320. The second kappa shape index (κ2) is 6.78. The molecule has 0 radical (unpaired) electrons. The maximum Gasteiger partial charge on any atom is 0.271 e. The number of likely N-dealkylation sites (N-methyl/N-ethyl adjacent to an activating group) is 1. The number of hydrogen-bond acceptors (Lipinski definition) is 6. The van der Waals surface area contributed by atoms with Crippen molar-refractivity contribution in [2.45, 2.75) is 12.6 Å². The fourth-order valence-corrected chi connectivity index (χ4v) is 4.62. The summed E-state index contributed by atoms with van der Waals surface area (Å²) in [7, 11) is 1.80. The van der Waals surface area contributed by atoms with Crippen molar-refractivity contribution in [2.75, 3.05) is 18.5 Å². The van der Waals surface area contributed by atoms with Gasteiger partial charge in [-0.1, -0.05) is 18.2 Å². The average Bonchev–Trinajstić information content (AvgIpc) is 3.38. The molecular formula is C22H18N4O5. The monoisotopic (exact) mass is 418 g/mol. The van der Waals surface area contributed by atoms with Crippen LogP contribution in [0.5, 0.6) is 0 Å². The molecule has 0 bridgehead atoms. The molecular weight excluding hydrogens is 400 g/mol. The van der Waals surface area contributed by atoms with E-state index in [2.05, 4.69) is 5.32 Å². The highest BCUT2D eigenvalue weighted by atomic mass is 16.6. The quantitative estimate of drug-likeness (QED) is 0.381. The smallest absolute Gasteiger partial charge is 0.271 e. The lowest BCUT2D eigenvalue weighted by molar-refractivity contribution is -0.384. The molecule has 0 saturated heterocycles. The number of anilines is 1. The van der Waals surface area contributed by atoms with Gasteiger partial charge >= 0.3 is 0 Å². The Morgan fingerprint density at radius 2 is 1.97 bits per heavy atom. The molecule has 2 aromatic carbocycles. The number of nitrogens with zero attached hydrogens (tertiary/aromatic N) is 3. The van der Waals surface area contributed by atoms with Crippen molar-refractivity contribution >= 4 is 39.7 Å². The Kier molecular flexibility index (Phi) is 4.16. The topological polar surface area (TPSA) is 118 Å². The van der Waals surface area contributed by atoms with Gasteiger partial charge in [0.1, 0.15) is 6.73 Å². The summed E-state index contributed by atoms with van der Waals surface area (Å²) in [6.45, 7) is 0.145. The van der Waals surface area contributed by atoms with Crippen LogP contribution in [0.3, 0.4) is 0 Å². The molecule has 0 fully saturated rings. The largest absolute Gasteiger partial charge is 0.376 e. The van der Waals surface area contributed by atoms with Crippen molar-refractivity contribution < 1.29 is 19.6 Å². The summed E-state index contributed by atoms with van der Waals surface area (Å²) < 4.78 is 1.61. The summed E-state index contributed by atoms with van der Waals surface area (Å²) in [5, 5.41) is 24.1. The second-order valence-corrected chi connectivity index (χ2v) is 7.68. The number of rotatable bonds is 4. The molecule has 5 rings (SSSR count). The Morgan fingerprint density at radius 3 is 2.71 bits per heavy atom. The minimum Gasteiger partial charge on any atom is -0.376 e. The summed E-state index contributed by atoms with van der Waals surface area (Å²) in [6, 6.07) is 11.9. The SMILES string of the molecule is CN1CC(C2=C(c3cn(CO)c4ccccc34)C(=O)NC2=O)c2ccc([N+](=O)[O-])cc21. The van der Waals surface area contributed by atoms with Gasteiger partial charge in [0, 0.05) is 60.1 Å². The summed E-state index contributed by atoms with van der Waals surface area (Å²) in [5.74, 6) is -1.37. The van der Waals surface area contributed by atoms with Gasteiger partial charge in [-0.2, -0.15) is 0 Å². The molecule has 1 atom stereocenters. The van der Waals surface area contributed by atoms with E-state index in [1.54, 1.807) is 23.9 Å². The van der Waals surface area contributed by atoms with Crippen LogP contribution in [-0.2, 0) is 16.3 Å². The number of fused-ring (bicyclic) bond motifs is 2. The van der Waals surface area contributed by atoms with Gasteiger partial charge in [-0.15, -0.1) is 0 Å². The maximum absolute atomic E-state index is 12.9. The van der Waals surface area contributed by atoms with E-state index in [4.69, 9.17) is 0 Å². The standard InChI is InChI=1S/C22H18N4O5/c1-24-9-15(14-7-6-12(26(30)31)8-18(14)24)19-20(22(29)23-21(19)28)16-10-25(11-27)17-5-3-2-4-13(16)17/h2-8,10,15,27H,9,11H2,1H3,(H,23,28,29). The predicted molar refractivity (Wildman–Crippen MR) is 113 cm³/mol. The third kappa shape index (κ3) is 2.74. The van der Waals surface area contributed by atoms with Crippen molar-refractivity contribution in [1.82, 2.24) is 9.88 Å². The van der Waals surface area contributed by atoms with E-state index >= 15 is 0 Å². The van der Waals surface area contributed by atoms with Crippen LogP contribution in [-0.4, -0.2) is 40.0 Å². The Balaban J connectivity index is 1.73. The summed E-state index contributed by atoms with van der Waals surface area (Å²) in [5.41, 5.74) is 3.33. The number of para-hydroxylation sites is 1. The molecule has 2 amide bonds. The van der Waals surface area contributed by atoms with Gasteiger partial charge in [0.2, 0.25) is 0 Å². The molecule has 0 spiro atoms. The fourth-order valence-electron chi connectivity index (χ4n) is 4.62. The molecule has 1 unspecified atom stereocenters. The van der Waals surface area contributed by atoms with Gasteiger partial charge in [-0.3, -0.25) is 25.0 Å². The van der Waals surface area contributed by atoms with Gasteiger partial charge in [0.05, 0.1) is 16.0 Å². The number of benzene rings is 2. The van der Waals surface area contributed by atoms with Crippen molar-refractivity contribution in [3.05, 3.63) is 75.5 Å². The van der Waals surface area contributed by atoms with E-state index in [0.29, 0.717) is 23.4 Å². The number of imide groups is 1. The van der Waals surface area contributed by atoms with Gasteiger partial charge < -0.3 is 14.6 Å². The zero-order valence-corrected chi connectivity index (χ0v) is 16.5. The number of aliphatic hydroxyl groups is 1. The number of carbonyl (C=O) groups excluding carboxylic acids is 2. The first-order valence-electron chi connectivity index (χ1n) is 9.69.